The molecule has 0 saturated carbocycles. The van der Waals surface area contributed by atoms with Gasteiger partial charge >= 0.3 is 0 Å². The van der Waals surface area contributed by atoms with Gasteiger partial charge in [0.05, 0.1) is 17.3 Å². The Hall–Kier alpha value is -1.35. The second kappa shape index (κ2) is 2.57. The summed E-state index contributed by atoms with van der Waals surface area (Å²) >= 11 is 0. The number of hydrogen-bond acceptors (Lipinski definition) is 2. The highest BCUT2D eigenvalue weighted by Crippen LogP contribution is 2.22. The first-order valence-electron chi connectivity index (χ1n) is 4.23. The van der Waals surface area contributed by atoms with Crippen molar-refractivity contribution in [2.45, 2.75) is 19.4 Å². The molecule has 0 amide bonds. The summed E-state index contributed by atoms with van der Waals surface area (Å²) in [6.07, 6.45) is 3.49. The Bertz CT molecular complexity index is 393. The van der Waals surface area contributed by atoms with Crippen LogP contribution in [-0.2, 0) is 5.60 Å². The lowest BCUT2D eigenvalue weighted by atomic mass is 10.1. The topological polar surface area (TPSA) is 48.9 Å². The van der Waals surface area contributed by atoms with Crippen molar-refractivity contribution in [1.82, 2.24) is 9.97 Å². The van der Waals surface area contributed by atoms with Crippen LogP contribution < -0.4 is 0 Å². The van der Waals surface area contributed by atoms with E-state index in [1.54, 1.807) is 26.2 Å². The van der Waals surface area contributed by atoms with Crippen molar-refractivity contribution in [2.75, 3.05) is 0 Å². The smallest absolute Gasteiger partial charge is 0.0987 e. The molecule has 0 atom stereocenters. The van der Waals surface area contributed by atoms with E-state index < -0.39 is 5.60 Å². The van der Waals surface area contributed by atoms with Crippen LogP contribution in [0.25, 0.3) is 10.9 Å². The lowest BCUT2D eigenvalue weighted by molar-refractivity contribution is 0.0747. The molecule has 68 valence electrons. The summed E-state index contributed by atoms with van der Waals surface area (Å²) in [5, 5.41) is 10.8. The molecular formula is C10H12N2O. The summed E-state index contributed by atoms with van der Waals surface area (Å²) in [5.74, 6) is 0. The van der Waals surface area contributed by atoms with Crippen LogP contribution in [0.3, 0.4) is 0 Å². The molecule has 0 aromatic carbocycles. The fourth-order valence-electron chi connectivity index (χ4n) is 1.30. The fraction of sp³-hybridized carbons (Fsp3) is 0.300. The zero-order valence-corrected chi connectivity index (χ0v) is 7.70. The van der Waals surface area contributed by atoms with Crippen LogP contribution in [0.4, 0.5) is 0 Å². The molecule has 3 heteroatoms. The van der Waals surface area contributed by atoms with Crippen molar-refractivity contribution in [3.8, 4) is 0 Å². The lowest BCUT2D eigenvalue weighted by Gasteiger charge is -2.14. The number of aromatic amines is 1. The van der Waals surface area contributed by atoms with Gasteiger partial charge in [0.2, 0.25) is 0 Å². The van der Waals surface area contributed by atoms with Crippen LogP contribution in [0.15, 0.2) is 24.5 Å². The number of nitrogens with one attached hydrogen (secondary N) is 1. The number of hydrogen-bond donors (Lipinski definition) is 2. The van der Waals surface area contributed by atoms with E-state index in [2.05, 4.69) is 9.97 Å². The van der Waals surface area contributed by atoms with Gasteiger partial charge in [-0.2, -0.15) is 0 Å². The van der Waals surface area contributed by atoms with Crippen LogP contribution in [0.1, 0.15) is 19.5 Å². The SMILES string of the molecule is CC(C)(O)c1cc2ccncc2[nH]1. The average Bonchev–Trinajstić information content (AvgIpc) is 2.45. The summed E-state index contributed by atoms with van der Waals surface area (Å²) in [6, 6.07) is 3.86. The Morgan fingerprint density at radius 2 is 2.23 bits per heavy atom. The molecule has 0 aliphatic rings. The van der Waals surface area contributed by atoms with Crippen molar-refractivity contribution in [1.29, 1.82) is 0 Å². The van der Waals surface area contributed by atoms with E-state index in [1.807, 2.05) is 12.1 Å². The van der Waals surface area contributed by atoms with Gasteiger partial charge in [0.15, 0.2) is 0 Å². The highest BCUT2D eigenvalue weighted by atomic mass is 16.3. The Morgan fingerprint density at radius 3 is 2.85 bits per heavy atom. The summed E-state index contributed by atoms with van der Waals surface area (Å²) in [4.78, 5) is 7.12. The first kappa shape index (κ1) is 8.26. The number of rotatable bonds is 1. The van der Waals surface area contributed by atoms with Gasteiger partial charge in [0.25, 0.3) is 0 Å². The first-order valence-corrected chi connectivity index (χ1v) is 4.23. The molecule has 2 aromatic heterocycles. The van der Waals surface area contributed by atoms with Crippen LogP contribution in [0.2, 0.25) is 0 Å². The average molecular weight is 176 g/mol. The third-order valence-electron chi connectivity index (χ3n) is 2.08. The molecule has 2 N–H and O–H groups in total. The number of fused-ring (bicyclic) bond motifs is 1. The zero-order chi connectivity index (χ0) is 9.47. The largest absolute Gasteiger partial charge is 0.384 e. The molecule has 0 spiro atoms. The second-order valence-electron chi connectivity index (χ2n) is 3.70. The van der Waals surface area contributed by atoms with Gasteiger partial charge in [-0.1, -0.05) is 0 Å². The summed E-state index contributed by atoms with van der Waals surface area (Å²) < 4.78 is 0. The summed E-state index contributed by atoms with van der Waals surface area (Å²) in [6.45, 7) is 3.51. The molecular weight excluding hydrogens is 164 g/mol. The Balaban J connectivity index is 2.63. The van der Waals surface area contributed by atoms with Crippen molar-refractivity contribution in [3.63, 3.8) is 0 Å². The molecule has 0 radical (unpaired) electrons. The lowest BCUT2D eigenvalue weighted by Crippen LogP contribution is -2.15. The van der Waals surface area contributed by atoms with E-state index in [4.69, 9.17) is 0 Å². The molecule has 0 fully saturated rings. The number of nitrogens with zero attached hydrogens (tertiary/aromatic N) is 1. The van der Waals surface area contributed by atoms with E-state index in [1.165, 1.54) is 0 Å². The van der Waals surface area contributed by atoms with Gasteiger partial charge in [-0.25, -0.2) is 0 Å². The zero-order valence-electron chi connectivity index (χ0n) is 7.70. The molecule has 0 bridgehead atoms. The molecule has 0 aliphatic heterocycles. The maximum atomic E-state index is 9.74. The van der Waals surface area contributed by atoms with Gasteiger partial charge in [-0.05, 0) is 26.0 Å². The Morgan fingerprint density at radius 1 is 1.46 bits per heavy atom. The Labute approximate surface area is 76.4 Å². The fourth-order valence-corrected chi connectivity index (χ4v) is 1.30. The van der Waals surface area contributed by atoms with Gasteiger partial charge < -0.3 is 10.1 Å². The van der Waals surface area contributed by atoms with E-state index in [9.17, 15) is 5.11 Å². The first-order chi connectivity index (χ1) is 6.07. The van der Waals surface area contributed by atoms with Gasteiger partial charge in [0.1, 0.15) is 0 Å². The number of aliphatic hydroxyl groups is 1. The van der Waals surface area contributed by atoms with E-state index in [-0.39, 0.29) is 0 Å². The maximum absolute atomic E-state index is 9.74. The van der Waals surface area contributed by atoms with Crippen LogP contribution in [0, 0.1) is 0 Å². The van der Waals surface area contributed by atoms with Gasteiger partial charge in [-0.15, -0.1) is 0 Å². The molecule has 2 heterocycles. The standard InChI is InChI=1S/C10H12N2O/c1-10(2,13)9-5-7-3-4-11-6-8(7)12-9/h3-6,12-13H,1-2H3. The highest BCUT2D eigenvalue weighted by Gasteiger charge is 2.17. The van der Waals surface area contributed by atoms with E-state index in [0.717, 1.165) is 16.6 Å². The van der Waals surface area contributed by atoms with Crippen molar-refractivity contribution in [3.05, 3.63) is 30.2 Å². The normalized spacial score (nSPS) is 12.2. The third kappa shape index (κ3) is 1.42. The van der Waals surface area contributed by atoms with Gasteiger partial charge in [-0.3, -0.25) is 4.98 Å². The van der Waals surface area contributed by atoms with Crippen LogP contribution in [-0.4, -0.2) is 15.1 Å². The molecule has 3 nitrogen and oxygen atoms in total. The van der Waals surface area contributed by atoms with Crippen molar-refractivity contribution in [2.24, 2.45) is 0 Å². The van der Waals surface area contributed by atoms with Crippen LogP contribution in [0.5, 0.6) is 0 Å². The summed E-state index contributed by atoms with van der Waals surface area (Å²) in [5.41, 5.74) is 0.953. The second-order valence-corrected chi connectivity index (χ2v) is 3.70. The maximum Gasteiger partial charge on any atom is 0.0987 e. The van der Waals surface area contributed by atoms with E-state index >= 15 is 0 Å². The number of aromatic nitrogens is 2. The van der Waals surface area contributed by atoms with E-state index in [0.29, 0.717) is 0 Å². The molecule has 13 heavy (non-hydrogen) atoms. The highest BCUT2D eigenvalue weighted by molar-refractivity contribution is 5.79. The summed E-state index contributed by atoms with van der Waals surface area (Å²) in [7, 11) is 0. The minimum Gasteiger partial charge on any atom is -0.384 e. The number of H-pyrrole nitrogens is 1. The van der Waals surface area contributed by atoms with Crippen LogP contribution >= 0.6 is 0 Å². The molecule has 0 aliphatic carbocycles. The van der Waals surface area contributed by atoms with Crippen molar-refractivity contribution >= 4 is 10.9 Å². The predicted octanol–water partition coefficient (Wildman–Crippen LogP) is 1.79. The number of pyridine rings is 1. The van der Waals surface area contributed by atoms with Crippen molar-refractivity contribution < 1.29 is 5.11 Å². The monoisotopic (exact) mass is 176 g/mol. The quantitative estimate of drug-likeness (QED) is 0.696. The minimum absolute atomic E-state index is 0.815. The third-order valence-corrected chi connectivity index (χ3v) is 2.08. The van der Waals surface area contributed by atoms with Gasteiger partial charge in [0, 0.05) is 17.3 Å². The molecule has 2 rings (SSSR count). The molecule has 2 aromatic rings. The minimum atomic E-state index is -0.820. The molecule has 0 unspecified atom stereocenters. The molecule has 0 saturated heterocycles. The Kier molecular flexibility index (Phi) is 1.63. The predicted molar refractivity (Wildman–Crippen MR) is 51.3 cm³/mol.